The standard InChI is InChI=1S/C18H31N3/c1-4-18(2,3)14-5-7-15(8-6-14)20-12-17-11-19-13-21(17)16-9-10-16/h11,13-16,20H,4-10,12H2,1-3H3. The lowest BCUT2D eigenvalue weighted by molar-refractivity contribution is 0.136. The quantitative estimate of drug-likeness (QED) is 0.846. The minimum absolute atomic E-state index is 0.523. The van der Waals surface area contributed by atoms with E-state index in [1.54, 1.807) is 0 Å². The Balaban J connectivity index is 1.46. The van der Waals surface area contributed by atoms with Crippen LogP contribution in [0.3, 0.4) is 0 Å². The Morgan fingerprint density at radius 3 is 2.52 bits per heavy atom. The van der Waals surface area contributed by atoms with Gasteiger partial charge in [-0.1, -0.05) is 27.2 Å². The fourth-order valence-corrected chi connectivity index (χ4v) is 3.77. The van der Waals surface area contributed by atoms with Crippen LogP contribution in [0, 0.1) is 11.3 Å². The highest BCUT2D eigenvalue weighted by Crippen LogP contribution is 2.40. The first-order chi connectivity index (χ1) is 10.1. The molecule has 3 heteroatoms. The van der Waals surface area contributed by atoms with Crippen molar-refractivity contribution in [2.24, 2.45) is 11.3 Å². The van der Waals surface area contributed by atoms with Crippen molar-refractivity contribution < 1.29 is 0 Å². The molecule has 118 valence electrons. The largest absolute Gasteiger partial charge is 0.330 e. The summed E-state index contributed by atoms with van der Waals surface area (Å²) in [4.78, 5) is 4.33. The third-order valence-electron chi connectivity index (χ3n) is 6.00. The highest BCUT2D eigenvalue weighted by atomic mass is 15.1. The molecule has 0 aromatic carbocycles. The average molecular weight is 289 g/mol. The molecule has 2 fully saturated rings. The predicted molar refractivity (Wildman–Crippen MR) is 87.2 cm³/mol. The van der Waals surface area contributed by atoms with E-state index >= 15 is 0 Å². The fourth-order valence-electron chi connectivity index (χ4n) is 3.77. The zero-order valence-corrected chi connectivity index (χ0v) is 13.9. The van der Waals surface area contributed by atoms with Gasteiger partial charge >= 0.3 is 0 Å². The second-order valence-corrected chi connectivity index (χ2v) is 7.80. The number of imidazole rings is 1. The average Bonchev–Trinajstić information content (AvgIpc) is 3.24. The number of rotatable bonds is 6. The Morgan fingerprint density at radius 1 is 1.19 bits per heavy atom. The van der Waals surface area contributed by atoms with Crippen LogP contribution >= 0.6 is 0 Å². The number of hydrogen-bond donors (Lipinski definition) is 1. The molecule has 2 aliphatic rings. The fraction of sp³-hybridized carbons (Fsp3) is 0.833. The van der Waals surface area contributed by atoms with E-state index in [1.165, 1.54) is 50.6 Å². The van der Waals surface area contributed by atoms with Crippen molar-refractivity contribution in [1.82, 2.24) is 14.9 Å². The Kier molecular flexibility index (Phi) is 4.39. The van der Waals surface area contributed by atoms with Gasteiger partial charge in [0.25, 0.3) is 0 Å². The normalized spacial score (nSPS) is 27.0. The maximum absolute atomic E-state index is 4.33. The third kappa shape index (κ3) is 3.50. The summed E-state index contributed by atoms with van der Waals surface area (Å²) < 4.78 is 2.37. The molecule has 0 saturated heterocycles. The highest BCUT2D eigenvalue weighted by molar-refractivity contribution is 5.03. The van der Waals surface area contributed by atoms with E-state index in [9.17, 15) is 0 Å². The van der Waals surface area contributed by atoms with Gasteiger partial charge in [-0.25, -0.2) is 4.98 Å². The molecule has 3 nitrogen and oxygen atoms in total. The van der Waals surface area contributed by atoms with Crippen LogP contribution in [0.5, 0.6) is 0 Å². The number of hydrogen-bond acceptors (Lipinski definition) is 2. The van der Waals surface area contributed by atoms with Crippen LogP contribution in [0.2, 0.25) is 0 Å². The van der Waals surface area contributed by atoms with Crippen molar-refractivity contribution in [2.75, 3.05) is 0 Å². The number of nitrogens with zero attached hydrogens (tertiary/aromatic N) is 2. The van der Waals surface area contributed by atoms with E-state index in [0.717, 1.165) is 18.5 Å². The summed E-state index contributed by atoms with van der Waals surface area (Å²) in [5, 5.41) is 3.78. The molecule has 2 aliphatic carbocycles. The maximum Gasteiger partial charge on any atom is 0.0951 e. The van der Waals surface area contributed by atoms with Gasteiger partial charge in [0.15, 0.2) is 0 Å². The second kappa shape index (κ2) is 6.12. The van der Waals surface area contributed by atoms with E-state index in [4.69, 9.17) is 0 Å². The summed E-state index contributed by atoms with van der Waals surface area (Å²) in [6, 6.07) is 1.45. The molecule has 1 heterocycles. The smallest absolute Gasteiger partial charge is 0.0951 e. The Labute approximate surface area is 129 Å². The monoisotopic (exact) mass is 289 g/mol. The van der Waals surface area contributed by atoms with Gasteiger partial charge < -0.3 is 9.88 Å². The lowest BCUT2D eigenvalue weighted by Gasteiger charge is -2.39. The molecule has 0 radical (unpaired) electrons. The van der Waals surface area contributed by atoms with E-state index in [2.05, 4.69) is 35.6 Å². The zero-order chi connectivity index (χ0) is 14.9. The summed E-state index contributed by atoms with van der Waals surface area (Å²) >= 11 is 0. The Hall–Kier alpha value is -0.830. The molecule has 3 rings (SSSR count). The molecule has 0 aliphatic heterocycles. The van der Waals surface area contributed by atoms with Crippen LogP contribution < -0.4 is 5.32 Å². The molecular formula is C18H31N3. The van der Waals surface area contributed by atoms with Crippen molar-refractivity contribution in [2.45, 2.75) is 84.3 Å². The first kappa shape index (κ1) is 15.1. The summed E-state index contributed by atoms with van der Waals surface area (Å²) in [5.74, 6) is 0.914. The predicted octanol–water partition coefficient (Wildman–Crippen LogP) is 4.30. The van der Waals surface area contributed by atoms with Gasteiger partial charge in [0, 0.05) is 24.8 Å². The summed E-state index contributed by atoms with van der Waals surface area (Å²) in [6.07, 6.45) is 13.5. The van der Waals surface area contributed by atoms with Crippen molar-refractivity contribution >= 4 is 0 Å². The molecule has 1 aromatic heterocycles. The van der Waals surface area contributed by atoms with Crippen LogP contribution in [0.15, 0.2) is 12.5 Å². The zero-order valence-electron chi connectivity index (χ0n) is 13.9. The van der Waals surface area contributed by atoms with Gasteiger partial charge in [0.2, 0.25) is 0 Å². The van der Waals surface area contributed by atoms with Crippen molar-refractivity contribution in [3.8, 4) is 0 Å². The minimum Gasteiger partial charge on any atom is -0.330 e. The van der Waals surface area contributed by atoms with Gasteiger partial charge in [-0.2, -0.15) is 0 Å². The number of nitrogens with one attached hydrogen (secondary N) is 1. The van der Waals surface area contributed by atoms with E-state index in [0.29, 0.717) is 11.5 Å². The van der Waals surface area contributed by atoms with Gasteiger partial charge in [0.05, 0.1) is 12.0 Å². The van der Waals surface area contributed by atoms with Crippen molar-refractivity contribution in [1.29, 1.82) is 0 Å². The van der Waals surface area contributed by atoms with Gasteiger partial charge in [-0.05, 0) is 49.9 Å². The van der Waals surface area contributed by atoms with Crippen LogP contribution in [0.25, 0.3) is 0 Å². The van der Waals surface area contributed by atoms with Crippen molar-refractivity contribution in [3.63, 3.8) is 0 Å². The topological polar surface area (TPSA) is 29.9 Å². The van der Waals surface area contributed by atoms with E-state index in [1.807, 2.05) is 12.5 Å². The lowest BCUT2D eigenvalue weighted by Crippen LogP contribution is -2.36. The second-order valence-electron chi connectivity index (χ2n) is 7.80. The molecule has 0 amide bonds. The molecule has 1 aromatic rings. The van der Waals surface area contributed by atoms with Crippen LogP contribution in [0.4, 0.5) is 0 Å². The number of aromatic nitrogens is 2. The first-order valence-electron chi connectivity index (χ1n) is 8.84. The molecule has 0 bridgehead atoms. The van der Waals surface area contributed by atoms with Gasteiger partial charge in [-0.15, -0.1) is 0 Å². The summed E-state index contributed by atoms with van der Waals surface area (Å²) in [5.41, 5.74) is 1.89. The summed E-state index contributed by atoms with van der Waals surface area (Å²) in [7, 11) is 0. The molecule has 1 N–H and O–H groups in total. The van der Waals surface area contributed by atoms with Gasteiger partial charge in [0.1, 0.15) is 0 Å². The molecule has 0 unspecified atom stereocenters. The molecular weight excluding hydrogens is 258 g/mol. The first-order valence-corrected chi connectivity index (χ1v) is 8.84. The van der Waals surface area contributed by atoms with Crippen LogP contribution in [-0.2, 0) is 6.54 Å². The summed E-state index contributed by atoms with van der Waals surface area (Å²) in [6.45, 7) is 8.21. The minimum atomic E-state index is 0.523. The lowest BCUT2D eigenvalue weighted by atomic mass is 9.69. The molecule has 21 heavy (non-hydrogen) atoms. The Morgan fingerprint density at radius 2 is 1.90 bits per heavy atom. The van der Waals surface area contributed by atoms with Crippen LogP contribution in [-0.4, -0.2) is 15.6 Å². The SMILES string of the molecule is CCC(C)(C)C1CCC(NCc2cncn2C2CC2)CC1. The Bertz CT molecular complexity index is 451. The maximum atomic E-state index is 4.33. The van der Waals surface area contributed by atoms with Crippen molar-refractivity contribution in [3.05, 3.63) is 18.2 Å². The van der Waals surface area contributed by atoms with Crippen LogP contribution in [0.1, 0.15) is 77.5 Å². The van der Waals surface area contributed by atoms with Gasteiger partial charge in [-0.3, -0.25) is 0 Å². The van der Waals surface area contributed by atoms with E-state index in [-0.39, 0.29) is 0 Å². The molecule has 0 atom stereocenters. The molecule has 2 saturated carbocycles. The highest BCUT2D eigenvalue weighted by Gasteiger charge is 2.31. The third-order valence-corrected chi connectivity index (χ3v) is 6.00. The molecule has 0 spiro atoms. The van der Waals surface area contributed by atoms with E-state index < -0.39 is 0 Å².